The first-order valence-electron chi connectivity index (χ1n) is 8.32. The number of fused-ring (bicyclic) bond motifs is 1. The fourth-order valence-corrected chi connectivity index (χ4v) is 2.72. The second-order valence-corrected chi connectivity index (χ2v) is 6.78. The van der Waals surface area contributed by atoms with Crippen molar-refractivity contribution in [2.24, 2.45) is 0 Å². The zero-order valence-corrected chi connectivity index (χ0v) is 14.8. The fourth-order valence-electron chi connectivity index (χ4n) is 2.72. The van der Waals surface area contributed by atoms with E-state index in [1.807, 2.05) is 24.3 Å². The Morgan fingerprint density at radius 2 is 2.12 bits per heavy atom. The zero-order valence-electron chi connectivity index (χ0n) is 14.8. The third kappa shape index (κ3) is 4.19. The van der Waals surface area contributed by atoms with Crippen molar-refractivity contribution in [1.82, 2.24) is 4.98 Å². The van der Waals surface area contributed by atoms with E-state index in [1.165, 1.54) is 12.5 Å². The molecule has 128 valence electrons. The van der Waals surface area contributed by atoms with E-state index < -0.39 is 0 Å². The standard InChI is InChI=1S/C21H21NO3/c1-15(23)25-14-17-5-8-18(22-13-17)7-4-16-6-9-20-19(12-16)21(2,3)10-11-24-20/h5-6,8-9,12-13H,10-11,14H2,1-3H3. The number of nitrogens with zero attached hydrogens (tertiary/aromatic N) is 1. The smallest absolute Gasteiger partial charge is 0.302 e. The number of benzene rings is 1. The topological polar surface area (TPSA) is 48.4 Å². The molecule has 0 spiro atoms. The first-order valence-corrected chi connectivity index (χ1v) is 8.32. The number of pyridine rings is 1. The fraction of sp³-hybridized carbons (Fsp3) is 0.333. The van der Waals surface area contributed by atoms with Crippen LogP contribution < -0.4 is 4.74 Å². The van der Waals surface area contributed by atoms with E-state index in [0.717, 1.165) is 29.9 Å². The van der Waals surface area contributed by atoms with Crippen LogP contribution in [0.2, 0.25) is 0 Å². The minimum atomic E-state index is -0.303. The maximum absolute atomic E-state index is 10.8. The van der Waals surface area contributed by atoms with Crippen molar-refractivity contribution < 1.29 is 14.3 Å². The van der Waals surface area contributed by atoms with Gasteiger partial charge >= 0.3 is 5.97 Å². The predicted molar refractivity (Wildman–Crippen MR) is 95.3 cm³/mol. The lowest BCUT2D eigenvalue weighted by Gasteiger charge is -2.32. The van der Waals surface area contributed by atoms with Gasteiger partial charge < -0.3 is 9.47 Å². The summed E-state index contributed by atoms with van der Waals surface area (Å²) in [5.41, 5.74) is 3.77. The van der Waals surface area contributed by atoms with Crippen LogP contribution in [0.25, 0.3) is 0 Å². The molecule has 0 aliphatic carbocycles. The molecule has 0 radical (unpaired) electrons. The van der Waals surface area contributed by atoms with Crippen molar-refractivity contribution >= 4 is 5.97 Å². The molecule has 25 heavy (non-hydrogen) atoms. The predicted octanol–water partition coefficient (Wildman–Crippen LogP) is 3.60. The number of carbonyl (C=O) groups excluding carboxylic acids is 1. The molecule has 0 bridgehead atoms. The molecule has 0 saturated carbocycles. The van der Waals surface area contributed by atoms with Crippen LogP contribution in [-0.4, -0.2) is 17.6 Å². The highest BCUT2D eigenvalue weighted by molar-refractivity contribution is 5.65. The third-order valence-electron chi connectivity index (χ3n) is 4.30. The molecular weight excluding hydrogens is 314 g/mol. The number of hydrogen-bond acceptors (Lipinski definition) is 4. The molecule has 3 rings (SSSR count). The normalized spacial score (nSPS) is 14.5. The molecule has 4 heteroatoms. The van der Waals surface area contributed by atoms with Gasteiger partial charge in [0.1, 0.15) is 18.1 Å². The van der Waals surface area contributed by atoms with Crippen LogP contribution in [-0.2, 0) is 21.6 Å². The van der Waals surface area contributed by atoms with Crippen molar-refractivity contribution in [3.05, 3.63) is 58.9 Å². The van der Waals surface area contributed by atoms with Gasteiger partial charge in [-0.15, -0.1) is 0 Å². The molecule has 1 aliphatic heterocycles. The highest BCUT2D eigenvalue weighted by Gasteiger charge is 2.28. The summed E-state index contributed by atoms with van der Waals surface area (Å²) in [7, 11) is 0. The monoisotopic (exact) mass is 335 g/mol. The summed E-state index contributed by atoms with van der Waals surface area (Å²) in [6.07, 6.45) is 2.68. The quantitative estimate of drug-likeness (QED) is 0.621. The van der Waals surface area contributed by atoms with Gasteiger partial charge in [-0.05, 0) is 42.0 Å². The van der Waals surface area contributed by atoms with Gasteiger partial charge in [0.25, 0.3) is 0 Å². The summed E-state index contributed by atoms with van der Waals surface area (Å²) in [6.45, 7) is 6.84. The Hall–Kier alpha value is -2.80. The highest BCUT2D eigenvalue weighted by atomic mass is 16.5. The Kier molecular flexibility index (Phi) is 4.76. The minimum Gasteiger partial charge on any atom is -0.493 e. The second-order valence-electron chi connectivity index (χ2n) is 6.78. The van der Waals surface area contributed by atoms with Crippen LogP contribution in [0.1, 0.15) is 49.6 Å². The van der Waals surface area contributed by atoms with Crippen molar-refractivity contribution in [2.45, 2.75) is 39.2 Å². The second kappa shape index (κ2) is 6.98. The lowest BCUT2D eigenvalue weighted by molar-refractivity contribution is -0.142. The van der Waals surface area contributed by atoms with Crippen molar-refractivity contribution in [3.63, 3.8) is 0 Å². The zero-order chi connectivity index (χ0) is 17.9. The van der Waals surface area contributed by atoms with Gasteiger partial charge in [0.15, 0.2) is 0 Å². The molecule has 2 aromatic rings. The third-order valence-corrected chi connectivity index (χ3v) is 4.30. The first kappa shape index (κ1) is 17.0. The number of aromatic nitrogens is 1. The SMILES string of the molecule is CC(=O)OCc1ccc(C#Cc2ccc3c(c2)C(C)(C)CCO3)nc1. The van der Waals surface area contributed by atoms with E-state index in [1.54, 1.807) is 6.20 Å². The molecule has 1 aliphatic rings. The lowest BCUT2D eigenvalue weighted by Crippen LogP contribution is -2.26. The van der Waals surface area contributed by atoms with E-state index in [9.17, 15) is 4.79 Å². The van der Waals surface area contributed by atoms with E-state index in [-0.39, 0.29) is 18.0 Å². The molecule has 0 amide bonds. The molecular formula is C21H21NO3. The minimum absolute atomic E-state index is 0.0991. The Labute approximate surface area is 148 Å². The number of hydrogen-bond donors (Lipinski definition) is 0. The van der Waals surface area contributed by atoms with Crippen molar-refractivity contribution in [3.8, 4) is 17.6 Å². The molecule has 1 aromatic carbocycles. The van der Waals surface area contributed by atoms with Crippen LogP contribution in [0, 0.1) is 11.8 Å². The van der Waals surface area contributed by atoms with Gasteiger partial charge in [-0.3, -0.25) is 4.79 Å². The van der Waals surface area contributed by atoms with Gasteiger partial charge in [-0.25, -0.2) is 4.98 Å². The largest absolute Gasteiger partial charge is 0.493 e. The Balaban J connectivity index is 1.76. The molecule has 0 N–H and O–H groups in total. The van der Waals surface area contributed by atoms with Crippen molar-refractivity contribution in [2.75, 3.05) is 6.61 Å². The van der Waals surface area contributed by atoms with Crippen molar-refractivity contribution in [1.29, 1.82) is 0 Å². The number of ether oxygens (including phenoxy) is 2. The molecule has 0 saturated heterocycles. The van der Waals surface area contributed by atoms with Gasteiger partial charge in [0, 0.05) is 29.8 Å². The molecule has 0 unspecified atom stereocenters. The Morgan fingerprint density at radius 3 is 2.84 bits per heavy atom. The van der Waals surface area contributed by atoms with Gasteiger partial charge in [0.2, 0.25) is 0 Å². The van der Waals surface area contributed by atoms with Crippen LogP contribution in [0.15, 0.2) is 36.5 Å². The number of rotatable bonds is 2. The highest BCUT2D eigenvalue weighted by Crippen LogP contribution is 2.38. The van der Waals surface area contributed by atoms with Gasteiger partial charge in [0.05, 0.1) is 6.61 Å². The summed E-state index contributed by atoms with van der Waals surface area (Å²) < 4.78 is 10.7. The molecule has 4 nitrogen and oxygen atoms in total. The van der Waals surface area contributed by atoms with Crippen LogP contribution >= 0.6 is 0 Å². The Bertz CT molecular complexity index is 842. The average molecular weight is 335 g/mol. The van der Waals surface area contributed by atoms with E-state index in [0.29, 0.717) is 5.69 Å². The maximum atomic E-state index is 10.8. The van der Waals surface area contributed by atoms with Gasteiger partial charge in [-0.2, -0.15) is 0 Å². The first-order chi connectivity index (χ1) is 11.9. The van der Waals surface area contributed by atoms with E-state index in [2.05, 4.69) is 36.7 Å². The van der Waals surface area contributed by atoms with E-state index in [4.69, 9.17) is 9.47 Å². The van der Waals surface area contributed by atoms with Gasteiger partial charge in [-0.1, -0.05) is 25.8 Å². The van der Waals surface area contributed by atoms with Crippen LogP contribution in [0.4, 0.5) is 0 Å². The molecule has 1 aromatic heterocycles. The summed E-state index contributed by atoms with van der Waals surface area (Å²) in [5.74, 6) is 6.89. The summed E-state index contributed by atoms with van der Waals surface area (Å²) in [6, 6.07) is 9.77. The Morgan fingerprint density at radius 1 is 1.28 bits per heavy atom. The summed E-state index contributed by atoms with van der Waals surface area (Å²) in [4.78, 5) is 15.1. The van der Waals surface area contributed by atoms with E-state index >= 15 is 0 Å². The molecule has 0 atom stereocenters. The summed E-state index contributed by atoms with van der Waals surface area (Å²) >= 11 is 0. The number of esters is 1. The number of carbonyl (C=O) groups is 1. The average Bonchev–Trinajstić information content (AvgIpc) is 2.59. The maximum Gasteiger partial charge on any atom is 0.302 e. The summed E-state index contributed by atoms with van der Waals surface area (Å²) in [5, 5.41) is 0. The lowest BCUT2D eigenvalue weighted by atomic mass is 9.79. The molecule has 2 heterocycles. The van der Waals surface area contributed by atoms with Crippen LogP contribution in [0.5, 0.6) is 5.75 Å². The van der Waals surface area contributed by atoms with Crippen LogP contribution in [0.3, 0.4) is 0 Å². The molecule has 0 fully saturated rings.